The minimum Gasteiger partial charge on any atom is -0.492 e. The summed E-state index contributed by atoms with van der Waals surface area (Å²) in [6.07, 6.45) is 3.73. The summed E-state index contributed by atoms with van der Waals surface area (Å²) in [7, 11) is 0. The number of aryl methyl sites for hydroxylation is 1. The lowest BCUT2D eigenvalue weighted by Crippen LogP contribution is -2.34. The van der Waals surface area contributed by atoms with E-state index in [0.717, 1.165) is 34.9 Å². The lowest BCUT2D eigenvalue weighted by Gasteiger charge is -2.19. The van der Waals surface area contributed by atoms with Gasteiger partial charge in [0.25, 0.3) is 0 Å². The van der Waals surface area contributed by atoms with Gasteiger partial charge in [0, 0.05) is 36.7 Å². The molecule has 1 aliphatic rings. The van der Waals surface area contributed by atoms with Gasteiger partial charge in [-0.15, -0.1) is 0 Å². The first kappa shape index (κ1) is 18.3. The number of rotatable bonds is 5. The predicted molar refractivity (Wildman–Crippen MR) is 108 cm³/mol. The zero-order valence-electron chi connectivity index (χ0n) is 16.0. The van der Waals surface area contributed by atoms with Crippen LogP contribution < -0.4 is 10.1 Å². The molecule has 0 radical (unpaired) electrons. The SMILES string of the molecule is Cc1nccn1Cc1ccccc1NC(=O)CN1CCOc2ccccc2C1. The van der Waals surface area contributed by atoms with Gasteiger partial charge in [-0.1, -0.05) is 36.4 Å². The van der Waals surface area contributed by atoms with Crippen LogP contribution in [-0.2, 0) is 17.9 Å². The number of hydrogen-bond donors (Lipinski definition) is 1. The summed E-state index contributed by atoms with van der Waals surface area (Å²) in [6, 6.07) is 15.9. The molecule has 0 bridgehead atoms. The number of amides is 1. The molecule has 0 saturated heterocycles. The van der Waals surface area contributed by atoms with E-state index in [0.29, 0.717) is 26.2 Å². The molecule has 2 heterocycles. The fraction of sp³-hybridized carbons (Fsp3) is 0.273. The van der Waals surface area contributed by atoms with Crippen molar-refractivity contribution in [3.05, 3.63) is 77.9 Å². The molecule has 28 heavy (non-hydrogen) atoms. The second-order valence-corrected chi connectivity index (χ2v) is 6.97. The van der Waals surface area contributed by atoms with Gasteiger partial charge in [-0.2, -0.15) is 0 Å². The van der Waals surface area contributed by atoms with Crippen LogP contribution in [0.25, 0.3) is 0 Å². The van der Waals surface area contributed by atoms with E-state index in [1.807, 2.05) is 61.7 Å². The molecule has 1 amide bonds. The topological polar surface area (TPSA) is 59.4 Å². The van der Waals surface area contributed by atoms with Crippen LogP contribution in [0.1, 0.15) is 17.0 Å². The Morgan fingerprint density at radius 1 is 1.18 bits per heavy atom. The highest BCUT2D eigenvalue weighted by Gasteiger charge is 2.18. The van der Waals surface area contributed by atoms with E-state index in [4.69, 9.17) is 4.74 Å². The fourth-order valence-corrected chi connectivity index (χ4v) is 3.44. The third-order valence-electron chi connectivity index (χ3n) is 4.95. The number of anilines is 1. The molecule has 0 aliphatic carbocycles. The van der Waals surface area contributed by atoms with Crippen LogP contribution in [0, 0.1) is 6.92 Å². The van der Waals surface area contributed by atoms with Crippen LogP contribution in [0.2, 0.25) is 0 Å². The van der Waals surface area contributed by atoms with Gasteiger partial charge in [-0.25, -0.2) is 4.98 Å². The average molecular weight is 376 g/mol. The standard InChI is InChI=1S/C22H24N4O2/c1-17-23-10-11-26(17)15-18-6-2-4-8-20(18)24-22(27)16-25-12-13-28-21-9-5-3-7-19(21)14-25/h2-11H,12-16H2,1H3,(H,24,27). The Kier molecular flexibility index (Phi) is 5.39. The van der Waals surface area contributed by atoms with Crippen LogP contribution in [0.5, 0.6) is 5.75 Å². The van der Waals surface area contributed by atoms with Gasteiger partial charge in [0.2, 0.25) is 5.91 Å². The summed E-state index contributed by atoms with van der Waals surface area (Å²) in [5, 5.41) is 3.08. The second-order valence-electron chi connectivity index (χ2n) is 6.97. The van der Waals surface area contributed by atoms with E-state index in [2.05, 4.69) is 19.8 Å². The van der Waals surface area contributed by atoms with E-state index in [1.165, 1.54) is 0 Å². The molecule has 1 aliphatic heterocycles. The van der Waals surface area contributed by atoms with E-state index >= 15 is 0 Å². The van der Waals surface area contributed by atoms with Crippen molar-refractivity contribution in [3.8, 4) is 5.75 Å². The number of nitrogens with zero attached hydrogens (tertiary/aromatic N) is 3. The van der Waals surface area contributed by atoms with Crippen molar-refractivity contribution in [2.24, 2.45) is 0 Å². The molecule has 0 saturated carbocycles. The zero-order valence-corrected chi connectivity index (χ0v) is 16.0. The van der Waals surface area contributed by atoms with Crippen molar-refractivity contribution in [3.63, 3.8) is 0 Å². The zero-order chi connectivity index (χ0) is 19.3. The van der Waals surface area contributed by atoms with Crippen molar-refractivity contribution in [2.75, 3.05) is 25.0 Å². The number of para-hydroxylation sites is 2. The Morgan fingerprint density at radius 3 is 2.86 bits per heavy atom. The van der Waals surface area contributed by atoms with Gasteiger partial charge < -0.3 is 14.6 Å². The largest absolute Gasteiger partial charge is 0.492 e. The van der Waals surface area contributed by atoms with E-state index < -0.39 is 0 Å². The third-order valence-corrected chi connectivity index (χ3v) is 4.95. The first-order valence-electron chi connectivity index (χ1n) is 9.47. The normalized spacial score (nSPS) is 14.0. The van der Waals surface area contributed by atoms with Crippen molar-refractivity contribution in [1.82, 2.24) is 14.5 Å². The lowest BCUT2D eigenvalue weighted by atomic mass is 10.1. The molecule has 4 rings (SSSR count). The Hall–Kier alpha value is -3.12. The second kappa shape index (κ2) is 8.27. The summed E-state index contributed by atoms with van der Waals surface area (Å²) in [5.41, 5.74) is 3.01. The summed E-state index contributed by atoms with van der Waals surface area (Å²) >= 11 is 0. The molecule has 6 nitrogen and oxygen atoms in total. The molecule has 6 heteroatoms. The Balaban J connectivity index is 1.42. The minimum atomic E-state index is -0.0193. The lowest BCUT2D eigenvalue weighted by molar-refractivity contribution is -0.117. The van der Waals surface area contributed by atoms with Crippen molar-refractivity contribution >= 4 is 11.6 Å². The molecule has 1 aromatic heterocycles. The number of carbonyl (C=O) groups excluding carboxylic acids is 1. The van der Waals surface area contributed by atoms with Crippen LogP contribution in [-0.4, -0.2) is 40.1 Å². The van der Waals surface area contributed by atoms with Gasteiger partial charge in [-0.3, -0.25) is 9.69 Å². The maximum absolute atomic E-state index is 12.7. The van der Waals surface area contributed by atoms with Gasteiger partial charge >= 0.3 is 0 Å². The summed E-state index contributed by atoms with van der Waals surface area (Å²) < 4.78 is 7.85. The molecule has 144 valence electrons. The first-order valence-corrected chi connectivity index (χ1v) is 9.47. The maximum Gasteiger partial charge on any atom is 0.238 e. The Labute approximate surface area is 164 Å². The number of aromatic nitrogens is 2. The van der Waals surface area contributed by atoms with Crippen LogP contribution >= 0.6 is 0 Å². The molecule has 0 unspecified atom stereocenters. The van der Waals surface area contributed by atoms with Gasteiger partial charge in [-0.05, 0) is 24.6 Å². The van der Waals surface area contributed by atoms with Gasteiger partial charge in [0.15, 0.2) is 0 Å². The molecular weight excluding hydrogens is 352 g/mol. The van der Waals surface area contributed by atoms with Crippen molar-refractivity contribution in [1.29, 1.82) is 0 Å². The number of nitrogens with one attached hydrogen (secondary N) is 1. The van der Waals surface area contributed by atoms with Gasteiger partial charge in [0.1, 0.15) is 18.2 Å². The molecule has 0 spiro atoms. The maximum atomic E-state index is 12.7. The number of benzene rings is 2. The van der Waals surface area contributed by atoms with Crippen LogP contribution in [0.4, 0.5) is 5.69 Å². The van der Waals surface area contributed by atoms with E-state index in [1.54, 1.807) is 6.20 Å². The monoisotopic (exact) mass is 376 g/mol. The molecule has 0 fully saturated rings. The average Bonchev–Trinajstić information content (AvgIpc) is 2.97. The first-order chi connectivity index (χ1) is 13.7. The molecule has 2 aromatic carbocycles. The number of imidazole rings is 1. The predicted octanol–water partition coefficient (Wildman–Crippen LogP) is 3.07. The molecule has 1 N–H and O–H groups in total. The van der Waals surface area contributed by atoms with Gasteiger partial charge in [0.05, 0.1) is 13.1 Å². The molecular formula is C22H24N4O2. The molecule has 0 atom stereocenters. The fourth-order valence-electron chi connectivity index (χ4n) is 3.44. The number of carbonyl (C=O) groups is 1. The summed E-state index contributed by atoms with van der Waals surface area (Å²) in [6.45, 7) is 4.99. The van der Waals surface area contributed by atoms with Crippen molar-refractivity contribution < 1.29 is 9.53 Å². The van der Waals surface area contributed by atoms with E-state index in [9.17, 15) is 4.79 Å². The number of hydrogen-bond acceptors (Lipinski definition) is 4. The number of fused-ring (bicyclic) bond motifs is 1. The highest BCUT2D eigenvalue weighted by atomic mass is 16.5. The third kappa shape index (κ3) is 4.23. The van der Waals surface area contributed by atoms with E-state index in [-0.39, 0.29) is 5.91 Å². The highest BCUT2D eigenvalue weighted by Crippen LogP contribution is 2.22. The Morgan fingerprint density at radius 2 is 2.00 bits per heavy atom. The molecule has 3 aromatic rings. The number of ether oxygens (including phenoxy) is 1. The summed E-state index contributed by atoms with van der Waals surface area (Å²) in [5.74, 6) is 1.84. The van der Waals surface area contributed by atoms with Crippen LogP contribution in [0.3, 0.4) is 0 Å². The summed E-state index contributed by atoms with van der Waals surface area (Å²) in [4.78, 5) is 19.1. The Bertz CT molecular complexity index is 966. The van der Waals surface area contributed by atoms with Crippen molar-refractivity contribution in [2.45, 2.75) is 20.0 Å². The quantitative estimate of drug-likeness (QED) is 0.743. The van der Waals surface area contributed by atoms with Crippen LogP contribution in [0.15, 0.2) is 60.9 Å². The highest BCUT2D eigenvalue weighted by molar-refractivity contribution is 5.93. The minimum absolute atomic E-state index is 0.0193. The smallest absolute Gasteiger partial charge is 0.238 e.